The maximum atomic E-state index is 13.1. The van der Waals surface area contributed by atoms with E-state index in [-0.39, 0.29) is 11.8 Å². The molecule has 148 valence electrons. The molecule has 0 bridgehead atoms. The van der Waals surface area contributed by atoms with Crippen molar-refractivity contribution in [1.29, 1.82) is 0 Å². The largest absolute Gasteiger partial charge is 0.461 e. The van der Waals surface area contributed by atoms with Gasteiger partial charge in [0, 0.05) is 48.9 Å². The number of aromatic nitrogens is 4. The number of carbonyl (C=O) groups is 1. The Hall–Kier alpha value is -3.26. The molecule has 0 unspecified atom stereocenters. The number of rotatable bonds is 4. The highest BCUT2D eigenvalue weighted by atomic mass is 16.3. The van der Waals surface area contributed by atoms with E-state index in [0.717, 1.165) is 40.0 Å². The molecule has 1 aliphatic rings. The molecular formula is C21H22N6O2. The fourth-order valence-electron chi connectivity index (χ4n) is 4.14. The summed E-state index contributed by atoms with van der Waals surface area (Å²) in [6, 6.07) is 7.55. The van der Waals surface area contributed by atoms with Gasteiger partial charge in [0.25, 0.3) is 5.91 Å². The summed E-state index contributed by atoms with van der Waals surface area (Å²) >= 11 is 0. The van der Waals surface area contributed by atoms with Gasteiger partial charge in [0.2, 0.25) is 0 Å². The van der Waals surface area contributed by atoms with Crippen LogP contribution in [0.4, 0.5) is 0 Å². The van der Waals surface area contributed by atoms with Crippen molar-refractivity contribution in [1.82, 2.24) is 24.6 Å². The lowest BCUT2D eigenvalue weighted by Gasteiger charge is -2.16. The van der Waals surface area contributed by atoms with Crippen molar-refractivity contribution in [2.45, 2.75) is 25.8 Å². The molecule has 1 saturated heterocycles. The molecule has 8 nitrogen and oxygen atoms in total. The molecule has 3 aromatic heterocycles. The summed E-state index contributed by atoms with van der Waals surface area (Å²) in [6.45, 7) is 4.29. The Morgan fingerprint density at radius 1 is 1.28 bits per heavy atom. The van der Waals surface area contributed by atoms with Gasteiger partial charge in [-0.05, 0) is 37.6 Å². The summed E-state index contributed by atoms with van der Waals surface area (Å²) in [5.41, 5.74) is 9.64. The molecule has 0 spiro atoms. The van der Waals surface area contributed by atoms with E-state index < -0.39 is 0 Å². The molecule has 0 aliphatic carbocycles. The predicted molar refractivity (Wildman–Crippen MR) is 109 cm³/mol. The zero-order chi connectivity index (χ0) is 20.0. The van der Waals surface area contributed by atoms with E-state index in [1.807, 2.05) is 40.8 Å². The first-order valence-electron chi connectivity index (χ1n) is 9.81. The van der Waals surface area contributed by atoms with Crippen LogP contribution in [-0.4, -0.2) is 50.2 Å². The van der Waals surface area contributed by atoms with Crippen molar-refractivity contribution in [3.05, 3.63) is 53.7 Å². The van der Waals surface area contributed by atoms with Crippen LogP contribution in [0.2, 0.25) is 0 Å². The van der Waals surface area contributed by atoms with Gasteiger partial charge in [-0.1, -0.05) is 0 Å². The van der Waals surface area contributed by atoms with Crippen LogP contribution in [0.25, 0.3) is 22.1 Å². The predicted octanol–water partition coefficient (Wildman–Crippen LogP) is 2.47. The van der Waals surface area contributed by atoms with E-state index in [4.69, 9.17) is 15.2 Å². The zero-order valence-electron chi connectivity index (χ0n) is 16.2. The minimum Gasteiger partial charge on any atom is -0.461 e. The van der Waals surface area contributed by atoms with Crippen molar-refractivity contribution in [3.8, 4) is 0 Å². The Labute approximate surface area is 167 Å². The highest BCUT2D eigenvalue weighted by molar-refractivity contribution is 5.98. The molecule has 8 heteroatoms. The van der Waals surface area contributed by atoms with Gasteiger partial charge in [-0.15, -0.1) is 0 Å². The van der Waals surface area contributed by atoms with E-state index in [0.29, 0.717) is 31.7 Å². The molecule has 4 aromatic rings. The number of hydrogen-bond acceptors (Lipinski definition) is 6. The fourth-order valence-corrected chi connectivity index (χ4v) is 4.14. The number of nitrogens with two attached hydrogens (primary N) is 1. The second-order valence-corrected chi connectivity index (χ2v) is 7.47. The van der Waals surface area contributed by atoms with Gasteiger partial charge < -0.3 is 15.1 Å². The Morgan fingerprint density at radius 2 is 2.14 bits per heavy atom. The Balaban J connectivity index is 1.41. The van der Waals surface area contributed by atoms with E-state index in [9.17, 15) is 4.79 Å². The standard InChI is InChI=1S/C21H22N6O2/c1-13-10-16-11-14(2-3-17(16)29-13)21(28)26-8-4-15(12-26)18-19-20(24-7-6-23-19)27(25-18)9-5-22/h2-3,6-7,10-11,15H,4-5,8-9,12,22H2,1H3/t15-/m0/s1. The lowest BCUT2D eigenvalue weighted by molar-refractivity contribution is 0.0791. The molecule has 0 radical (unpaired) electrons. The lowest BCUT2D eigenvalue weighted by atomic mass is 10.0. The minimum absolute atomic E-state index is 0.0324. The van der Waals surface area contributed by atoms with Crippen molar-refractivity contribution in [3.63, 3.8) is 0 Å². The molecule has 4 heterocycles. The van der Waals surface area contributed by atoms with Gasteiger partial charge in [0.15, 0.2) is 5.65 Å². The molecule has 1 aromatic carbocycles. The molecule has 1 amide bonds. The lowest BCUT2D eigenvalue weighted by Crippen LogP contribution is -2.28. The Kier molecular flexibility index (Phi) is 4.28. The topological polar surface area (TPSA) is 103 Å². The van der Waals surface area contributed by atoms with Crippen LogP contribution in [0.5, 0.6) is 0 Å². The zero-order valence-corrected chi connectivity index (χ0v) is 16.2. The maximum absolute atomic E-state index is 13.1. The number of hydrogen-bond donors (Lipinski definition) is 1. The van der Waals surface area contributed by atoms with Crippen LogP contribution in [0.3, 0.4) is 0 Å². The summed E-state index contributed by atoms with van der Waals surface area (Å²) in [7, 11) is 0. The van der Waals surface area contributed by atoms with Gasteiger partial charge in [-0.25, -0.2) is 14.6 Å². The molecular weight excluding hydrogens is 368 g/mol. The number of fused-ring (bicyclic) bond motifs is 2. The van der Waals surface area contributed by atoms with Crippen LogP contribution in [0, 0.1) is 6.92 Å². The first-order valence-corrected chi connectivity index (χ1v) is 9.81. The maximum Gasteiger partial charge on any atom is 0.253 e. The highest BCUT2D eigenvalue weighted by Crippen LogP contribution is 2.31. The quantitative estimate of drug-likeness (QED) is 0.574. The second kappa shape index (κ2) is 6.97. The van der Waals surface area contributed by atoms with Crippen LogP contribution >= 0.6 is 0 Å². The minimum atomic E-state index is 0.0324. The Bertz CT molecular complexity index is 1210. The number of furan rings is 1. The Morgan fingerprint density at radius 3 is 3.00 bits per heavy atom. The number of likely N-dealkylation sites (tertiary alicyclic amines) is 1. The van der Waals surface area contributed by atoms with Crippen LogP contribution < -0.4 is 5.73 Å². The highest BCUT2D eigenvalue weighted by Gasteiger charge is 2.32. The number of nitrogens with zero attached hydrogens (tertiary/aromatic N) is 5. The number of carbonyl (C=O) groups excluding carboxylic acids is 1. The summed E-state index contributed by atoms with van der Waals surface area (Å²) in [5, 5.41) is 5.68. The number of aryl methyl sites for hydroxylation is 1. The first kappa shape index (κ1) is 17.8. The molecule has 2 N–H and O–H groups in total. The third kappa shape index (κ3) is 3.05. The fraction of sp³-hybridized carbons (Fsp3) is 0.333. The van der Waals surface area contributed by atoms with E-state index in [1.54, 1.807) is 12.4 Å². The molecule has 0 saturated carbocycles. The molecule has 1 atom stereocenters. The van der Waals surface area contributed by atoms with Crippen LogP contribution in [0.1, 0.15) is 34.2 Å². The SMILES string of the molecule is Cc1cc2cc(C(=O)N3CC[C@H](c4nn(CCN)c5nccnc45)C3)ccc2o1. The molecule has 5 rings (SSSR count). The third-order valence-electron chi connectivity index (χ3n) is 5.48. The number of benzene rings is 1. The van der Waals surface area contributed by atoms with E-state index in [1.165, 1.54) is 0 Å². The van der Waals surface area contributed by atoms with E-state index >= 15 is 0 Å². The monoisotopic (exact) mass is 390 g/mol. The average molecular weight is 390 g/mol. The summed E-state index contributed by atoms with van der Waals surface area (Å²) in [5.74, 6) is 1.01. The second-order valence-electron chi connectivity index (χ2n) is 7.47. The van der Waals surface area contributed by atoms with Gasteiger partial charge in [-0.2, -0.15) is 5.10 Å². The van der Waals surface area contributed by atoms with Gasteiger partial charge in [0.05, 0.1) is 12.2 Å². The number of amides is 1. The summed E-state index contributed by atoms with van der Waals surface area (Å²) in [6.07, 6.45) is 4.20. The van der Waals surface area contributed by atoms with Gasteiger partial charge >= 0.3 is 0 Å². The molecule has 1 fully saturated rings. The summed E-state index contributed by atoms with van der Waals surface area (Å²) in [4.78, 5) is 23.9. The summed E-state index contributed by atoms with van der Waals surface area (Å²) < 4.78 is 7.43. The normalized spacial score (nSPS) is 16.9. The smallest absolute Gasteiger partial charge is 0.253 e. The molecule has 29 heavy (non-hydrogen) atoms. The van der Waals surface area contributed by atoms with Gasteiger partial charge in [0.1, 0.15) is 16.9 Å². The third-order valence-corrected chi connectivity index (χ3v) is 5.48. The van der Waals surface area contributed by atoms with Crippen molar-refractivity contribution < 1.29 is 9.21 Å². The van der Waals surface area contributed by atoms with Crippen molar-refractivity contribution >= 4 is 28.0 Å². The van der Waals surface area contributed by atoms with Gasteiger partial charge in [-0.3, -0.25) is 4.79 Å². The van der Waals surface area contributed by atoms with E-state index in [2.05, 4.69) is 9.97 Å². The molecule has 1 aliphatic heterocycles. The first-order chi connectivity index (χ1) is 14.1. The van der Waals surface area contributed by atoms with Crippen molar-refractivity contribution in [2.75, 3.05) is 19.6 Å². The van der Waals surface area contributed by atoms with Crippen LogP contribution in [-0.2, 0) is 6.54 Å². The average Bonchev–Trinajstić information content (AvgIpc) is 3.43. The van der Waals surface area contributed by atoms with Crippen molar-refractivity contribution in [2.24, 2.45) is 5.73 Å². The van der Waals surface area contributed by atoms with Crippen LogP contribution in [0.15, 0.2) is 41.1 Å².